The first-order valence-electron chi connectivity index (χ1n) is 5.35. The maximum Gasteiger partial charge on any atom is 0.134 e. The lowest BCUT2D eigenvalue weighted by Crippen LogP contribution is -1.98. The Bertz CT molecular complexity index is 479. The molecule has 1 aliphatic carbocycles. The number of hydrogen-bond donors (Lipinski definition) is 0. The third-order valence-corrected chi connectivity index (χ3v) is 3.11. The van der Waals surface area contributed by atoms with Gasteiger partial charge in [0.2, 0.25) is 0 Å². The van der Waals surface area contributed by atoms with Crippen LogP contribution < -0.4 is 0 Å². The van der Waals surface area contributed by atoms with Crippen LogP contribution in [0.4, 0.5) is 0 Å². The minimum atomic E-state index is 1.07. The molecule has 0 unspecified atom stereocenters. The summed E-state index contributed by atoms with van der Waals surface area (Å²) >= 11 is 0. The zero-order chi connectivity index (χ0) is 9.54. The normalized spacial score (nSPS) is 15.8. The molecular formula is C13H14O. The van der Waals surface area contributed by atoms with Crippen LogP contribution in [0.2, 0.25) is 0 Å². The van der Waals surface area contributed by atoms with Crippen molar-refractivity contribution in [3.63, 3.8) is 0 Å². The molecule has 0 N–H and O–H groups in total. The van der Waals surface area contributed by atoms with Crippen LogP contribution in [0.3, 0.4) is 0 Å². The van der Waals surface area contributed by atoms with E-state index < -0.39 is 0 Å². The van der Waals surface area contributed by atoms with Crippen molar-refractivity contribution in [1.29, 1.82) is 0 Å². The van der Waals surface area contributed by atoms with Gasteiger partial charge in [-0.2, -0.15) is 0 Å². The maximum atomic E-state index is 5.85. The minimum absolute atomic E-state index is 1.07. The topological polar surface area (TPSA) is 13.1 Å². The fourth-order valence-electron chi connectivity index (χ4n) is 2.38. The summed E-state index contributed by atoms with van der Waals surface area (Å²) in [6, 6.07) is 6.48. The van der Waals surface area contributed by atoms with Crippen molar-refractivity contribution in [2.45, 2.75) is 32.6 Å². The zero-order valence-electron chi connectivity index (χ0n) is 8.47. The van der Waals surface area contributed by atoms with E-state index in [2.05, 4.69) is 25.1 Å². The van der Waals surface area contributed by atoms with Gasteiger partial charge in [0.1, 0.15) is 11.3 Å². The van der Waals surface area contributed by atoms with Gasteiger partial charge in [0, 0.05) is 17.4 Å². The van der Waals surface area contributed by atoms with E-state index in [9.17, 15) is 0 Å². The van der Waals surface area contributed by atoms with E-state index in [0.29, 0.717) is 0 Å². The summed E-state index contributed by atoms with van der Waals surface area (Å²) in [5.74, 6) is 1.23. The van der Waals surface area contributed by atoms with Crippen molar-refractivity contribution in [2.75, 3.05) is 0 Å². The van der Waals surface area contributed by atoms with Gasteiger partial charge in [-0.3, -0.25) is 0 Å². The molecule has 1 aliphatic rings. The largest absolute Gasteiger partial charge is 0.461 e. The highest BCUT2D eigenvalue weighted by molar-refractivity contribution is 5.83. The van der Waals surface area contributed by atoms with Crippen molar-refractivity contribution in [1.82, 2.24) is 0 Å². The average Bonchev–Trinajstić information content (AvgIpc) is 2.56. The zero-order valence-corrected chi connectivity index (χ0v) is 8.47. The molecule has 0 atom stereocenters. The fraction of sp³-hybridized carbons (Fsp3) is 0.385. The quantitative estimate of drug-likeness (QED) is 0.612. The Morgan fingerprint density at radius 2 is 2.00 bits per heavy atom. The molecule has 0 saturated heterocycles. The molecule has 1 heterocycles. The molecule has 0 radical (unpaired) electrons. The number of furan rings is 1. The van der Waals surface area contributed by atoms with Gasteiger partial charge >= 0.3 is 0 Å². The smallest absolute Gasteiger partial charge is 0.134 e. The molecule has 1 aromatic carbocycles. The number of aryl methyl sites for hydroxylation is 3. The Balaban J connectivity index is 2.32. The van der Waals surface area contributed by atoms with Crippen molar-refractivity contribution < 1.29 is 4.42 Å². The first-order chi connectivity index (χ1) is 6.84. The van der Waals surface area contributed by atoms with Gasteiger partial charge < -0.3 is 4.42 Å². The molecule has 1 aromatic heterocycles. The molecule has 0 spiro atoms. The van der Waals surface area contributed by atoms with Crippen molar-refractivity contribution >= 4 is 11.0 Å². The van der Waals surface area contributed by atoms with E-state index in [4.69, 9.17) is 4.42 Å². The summed E-state index contributed by atoms with van der Waals surface area (Å²) in [7, 11) is 0. The van der Waals surface area contributed by atoms with Crippen LogP contribution >= 0.6 is 0 Å². The summed E-state index contributed by atoms with van der Waals surface area (Å²) in [5, 5.41) is 1.35. The first-order valence-corrected chi connectivity index (χ1v) is 5.35. The molecule has 1 heteroatoms. The van der Waals surface area contributed by atoms with Crippen LogP contribution in [-0.4, -0.2) is 0 Å². The standard InChI is InChI=1S/C13H14O/c1-9-6-7-13-11(8-9)10-4-2-3-5-12(10)14-13/h6-8H,2-5H2,1H3. The van der Waals surface area contributed by atoms with Gasteiger partial charge in [-0.25, -0.2) is 0 Å². The molecule has 2 aromatic rings. The fourth-order valence-corrected chi connectivity index (χ4v) is 2.38. The molecule has 3 rings (SSSR count). The molecule has 14 heavy (non-hydrogen) atoms. The van der Waals surface area contributed by atoms with Crippen LogP contribution in [0, 0.1) is 6.92 Å². The highest BCUT2D eigenvalue weighted by atomic mass is 16.3. The summed E-state index contributed by atoms with van der Waals surface area (Å²) in [6.07, 6.45) is 4.93. The van der Waals surface area contributed by atoms with Crippen LogP contribution in [0.25, 0.3) is 11.0 Å². The predicted molar refractivity (Wildman–Crippen MR) is 57.6 cm³/mol. The van der Waals surface area contributed by atoms with E-state index in [1.165, 1.54) is 41.5 Å². The second-order valence-corrected chi connectivity index (χ2v) is 4.21. The number of hydrogen-bond acceptors (Lipinski definition) is 1. The second-order valence-electron chi connectivity index (χ2n) is 4.21. The van der Waals surface area contributed by atoms with Crippen LogP contribution in [0.1, 0.15) is 29.7 Å². The summed E-state index contributed by atoms with van der Waals surface area (Å²) in [4.78, 5) is 0. The SMILES string of the molecule is Cc1ccc2oc3c(c2c1)CCCC3. The number of fused-ring (bicyclic) bond motifs is 3. The molecule has 0 saturated carbocycles. The highest BCUT2D eigenvalue weighted by Gasteiger charge is 2.17. The predicted octanol–water partition coefficient (Wildman–Crippen LogP) is 3.62. The lowest BCUT2D eigenvalue weighted by molar-refractivity contribution is 0.506. The van der Waals surface area contributed by atoms with E-state index in [-0.39, 0.29) is 0 Å². The molecule has 1 nitrogen and oxygen atoms in total. The molecule has 0 bridgehead atoms. The molecule has 0 fully saturated rings. The van der Waals surface area contributed by atoms with E-state index >= 15 is 0 Å². The van der Waals surface area contributed by atoms with Crippen LogP contribution in [0.5, 0.6) is 0 Å². The van der Waals surface area contributed by atoms with Crippen molar-refractivity contribution in [3.05, 3.63) is 35.1 Å². The molecule has 0 aliphatic heterocycles. The molecule has 0 amide bonds. The van der Waals surface area contributed by atoms with Gasteiger partial charge in [-0.1, -0.05) is 11.6 Å². The van der Waals surface area contributed by atoms with Gasteiger partial charge in [-0.05, 0) is 38.3 Å². The average molecular weight is 186 g/mol. The van der Waals surface area contributed by atoms with Gasteiger partial charge in [0.25, 0.3) is 0 Å². The Kier molecular flexibility index (Phi) is 1.66. The lowest BCUT2D eigenvalue weighted by Gasteiger charge is -2.08. The first kappa shape index (κ1) is 8.10. The van der Waals surface area contributed by atoms with Crippen LogP contribution in [-0.2, 0) is 12.8 Å². The summed E-state index contributed by atoms with van der Waals surface area (Å²) < 4.78 is 5.85. The van der Waals surface area contributed by atoms with E-state index in [1.54, 1.807) is 0 Å². The highest BCUT2D eigenvalue weighted by Crippen LogP contribution is 2.32. The third kappa shape index (κ3) is 1.08. The number of benzene rings is 1. The van der Waals surface area contributed by atoms with Crippen LogP contribution in [0.15, 0.2) is 22.6 Å². The Morgan fingerprint density at radius 3 is 2.93 bits per heavy atom. The van der Waals surface area contributed by atoms with Gasteiger partial charge in [0.05, 0.1) is 0 Å². The Hall–Kier alpha value is -1.24. The van der Waals surface area contributed by atoms with E-state index in [1.807, 2.05) is 0 Å². The molecular weight excluding hydrogens is 172 g/mol. The second kappa shape index (κ2) is 2.88. The number of rotatable bonds is 0. The lowest BCUT2D eigenvalue weighted by atomic mass is 9.95. The maximum absolute atomic E-state index is 5.85. The third-order valence-electron chi connectivity index (χ3n) is 3.11. The minimum Gasteiger partial charge on any atom is -0.461 e. The van der Waals surface area contributed by atoms with Crippen molar-refractivity contribution in [3.8, 4) is 0 Å². The van der Waals surface area contributed by atoms with E-state index in [0.717, 1.165) is 12.0 Å². The van der Waals surface area contributed by atoms with Gasteiger partial charge in [0.15, 0.2) is 0 Å². The summed E-state index contributed by atoms with van der Waals surface area (Å²) in [6.45, 7) is 2.14. The van der Waals surface area contributed by atoms with Crippen molar-refractivity contribution in [2.24, 2.45) is 0 Å². The monoisotopic (exact) mass is 186 g/mol. The van der Waals surface area contributed by atoms with Gasteiger partial charge in [-0.15, -0.1) is 0 Å². The Morgan fingerprint density at radius 1 is 1.14 bits per heavy atom. The Labute approximate surface area is 83.7 Å². The summed E-state index contributed by atoms with van der Waals surface area (Å²) in [5.41, 5.74) is 3.86. The molecule has 72 valence electrons.